The van der Waals surface area contributed by atoms with Crippen molar-refractivity contribution < 1.29 is 4.79 Å². The Balaban J connectivity index is 1.66. The number of hydrogen-bond donors (Lipinski definition) is 0. The molecule has 5 aromatic rings. The van der Waals surface area contributed by atoms with Gasteiger partial charge < -0.3 is 0 Å². The molecule has 2 aromatic heterocycles. The minimum Gasteiger partial charge on any atom is -0.293 e. The summed E-state index contributed by atoms with van der Waals surface area (Å²) in [6, 6.07) is 24.9. The second-order valence-electron chi connectivity index (χ2n) is 7.22. The van der Waals surface area contributed by atoms with Crippen LogP contribution in [0.4, 0.5) is 0 Å². The first-order chi connectivity index (χ1) is 15.1. The van der Waals surface area contributed by atoms with Crippen LogP contribution in [0.1, 0.15) is 15.9 Å². The molecule has 152 valence electrons. The number of carbonyl (C=O) groups is 1. The van der Waals surface area contributed by atoms with Crippen molar-refractivity contribution in [1.29, 1.82) is 0 Å². The van der Waals surface area contributed by atoms with Gasteiger partial charge in [0.05, 0.1) is 17.0 Å². The summed E-state index contributed by atoms with van der Waals surface area (Å²) in [7, 11) is 0. The molecular weight excluding hydrogens is 424 g/mol. The number of nitrogens with zero attached hydrogens (tertiary/aromatic N) is 2. The summed E-state index contributed by atoms with van der Waals surface area (Å²) in [6.45, 7) is 2.01. The number of hydrogen-bond acceptors (Lipinski definition) is 5. The maximum Gasteiger partial charge on any atom is 0.276 e. The summed E-state index contributed by atoms with van der Waals surface area (Å²) >= 11 is 2.76. The molecule has 0 aliphatic carbocycles. The Morgan fingerprint density at radius 3 is 2.45 bits per heavy atom. The molecule has 0 radical (unpaired) electrons. The summed E-state index contributed by atoms with van der Waals surface area (Å²) in [4.78, 5) is 31.1. The summed E-state index contributed by atoms with van der Waals surface area (Å²) in [6.07, 6.45) is 0. The van der Waals surface area contributed by atoms with Gasteiger partial charge in [-0.2, -0.15) is 0 Å². The van der Waals surface area contributed by atoms with Crippen molar-refractivity contribution in [2.75, 3.05) is 5.75 Å². The van der Waals surface area contributed by atoms with Crippen molar-refractivity contribution in [3.63, 3.8) is 0 Å². The van der Waals surface area contributed by atoms with Gasteiger partial charge in [0, 0.05) is 15.6 Å². The highest BCUT2D eigenvalue weighted by Gasteiger charge is 2.18. The molecule has 0 aliphatic rings. The van der Waals surface area contributed by atoms with Gasteiger partial charge in [-0.05, 0) is 25.1 Å². The van der Waals surface area contributed by atoms with Gasteiger partial charge >= 0.3 is 0 Å². The number of carbonyl (C=O) groups excluding carboxylic acids is 1. The average molecular weight is 443 g/mol. The zero-order chi connectivity index (χ0) is 21.4. The summed E-state index contributed by atoms with van der Waals surface area (Å²) in [5.41, 5.74) is 3.10. The van der Waals surface area contributed by atoms with Crippen LogP contribution in [-0.4, -0.2) is 21.1 Å². The van der Waals surface area contributed by atoms with Gasteiger partial charge in [-0.15, -0.1) is 11.3 Å². The summed E-state index contributed by atoms with van der Waals surface area (Å²) < 4.78 is 3.28. The number of aromatic nitrogens is 2. The maximum absolute atomic E-state index is 13.6. The number of aryl methyl sites for hydroxylation is 1. The molecule has 0 saturated heterocycles. The topological polar surface area (TPSA) is 52.0 Å². The van der Waals surface area contributed by atoms with Crippen LogP contribution in [-0.2, 0) is 0 Å². The number of Topliss-reactive ketones (excluding diaryl/α,β-unsaturated/α-hetero) is 1. The molecule has 0 atom stereocenters. The first-order valence-electron chi connectivity index (χ1n) is 9.84. The smallest absolute Gasteiger partial charge is 0.276 e. The van der Waals surface area contributed by atoms with Crippen molar-refractivity contribution in [2.24, 2.45) is 0 Å². The van der Waals surface area contributed by atoms with Gasteiger partial charge in [-0.3, -0.25) is 14.2 Å². The molecular formula is C25H18N2O2S2. The average Bonchev–Trinajstić information content (AvgIpc) is 3.18. The number of ketones is 1. The Morgan fingerprint density at radius 1 is 0.968 bits per heavy atom. The normalized spacial score (nSPS) is 11.3. The third kappa shape index (κ3) is 3.69. The van der Waals surface area contributed by atoms with Crippen LogP contribution < -0.4 is 5.56 Å². The quantitative estimate of drug-likeness (QED) is 0.194. The van der Waals surface area contributed by atoms with E-state index in [0.717, 1.165) is 21.3 Å². The fourth-order valence-electron chi connectivity index (χ4n) is 3.48. The van der Waals surface area contributed by atoms with Crippen LogP contribution in [0, 0.1) is 6.92 Å². The monoisotopic (exact) mass is 442 g/mol. The molecule has 31 heavy (non-hydrogen) atoms. The summed E-state index contributed by atoms with van der Waals surface area (Å²) in [5, 5.41) is 1.49. The predicted octanol–water partition coefficient (Wildman–Crippen LogP) is 5.88. The molecule has 2 heterocycles. The summed E-state index contributed by atoms with van der Waals surface area (Å²) in [5.74, 6) is 0.209. The Bertz CT molecular complexity index is 1470. The molecule has 0 spiro atoms. The van der Waals surface area contributed by atoms with Crippen LogP contribution in [0.3, 0.4) is 0 Å². The van der Waals surface area contributed by atoms with Crippen molar-refractivity contribution in [3.05, 3.63) is 100 Å². The molecule has 4 nitrogen and oxygen atoms in total. The van der Waals surface area contributed by atoms with E-state index in [9.17, 15) is 9.59 Å². The third-order valence-corrected chi connectivity index (χ3v) is 7.17. The minimum absolute atomic E-state index is 0.00517. The highest BCUT2D eigenvalue weighted by Crippen LogP contribution is 2.32. The van der Waals surface area contributed by atoms with E-state index in [1.165, 1.54) is 23.1 Å². The molecule has 0 unspecified atom stereocenters. The molecule has 0 fully saturated rings. The van der Waals surface area contributed by atoms with E-state index in [1.54, 1.807) is 16.7 Å². The largest absolute Gasteiger partial charge is 0.293 e. The SMILES string of the molecule is Cc1ccc(-n2c(SCC(=O)c3ccccc3)nc3c(sc4ccccc43)c2=O)cc1. The third-order valence-electron chi connectivity index (χ3n) is 5.09. The Hall–Kier alpha value is -3.22. The van der Waals surface area contributed by atoms with E-state index in [4.69, 9.17) is 4.98 Å². The van der Waals surface area contributed by atoms with Crippen molar-refractivity contribution in [2.45, 2.75) is 12.1 Å². The molecule has 0 aliphatic heterocycles. The highest BCUT2D eigenvalue weighted by molar-refractivity contribution is 7.99. The zero-order valence-electron chi connectivity index (χ0n) is 16.7. The molecule has 0 saturated carbocycles. The van der Waals surface area contributed by atoms with E-state index >= 15 is 0 Å². The van der Waals surface area contributed by atoms with E-state index in [0.29, 0.717) is 20.9 Å². The Labute approximate surface area is 187 Å². The van der Waals surface area contributed by atoms with Crippen LogP contribution in [0.15, 0.2) is 88.8 Å². The molecule has 3 aromatic carbocycles. The van der Waals surface area contributed by atoms with Gasteiger partial charge in [0.1, 0.15) is 4.70 Å². The van der Waals surface area contributed by atoms with E-state index in [2.05, 4.69) is 0 Å². The predicted molar refractivity (Wildman–Crippen MR) is 129 cm³/mol. The first-order valence-corrected chi connectivity index (χ1v) is 11.6. The zero-order valence-corrected chi connectivity index (χ0v) is 18.4. The van der Waals surface area contributed by atoms with Crippen LogP contribution in [0.25, 0.3) is 26.0 Å². The molecule has 0 amide bonds. The number of fused-ring (bicyclic) bond motifs is 3. The molecule has 6 heteroatoms. The lowest BCUT2D eigenvalue weighted by atomic mass is 10.2. The highest BCUT2D eigenvalue weighted by atomic mass is 32.2. The minimum atomic E-state index is -0.107. The van der Waals surface area contributed by atoms with Crippen LogP contribution in [0.5, 0.6) is 0 Å². The second-order valence-corrected chi connectivity index (χ2v) is 9.22. The van der Waals surface area contributed by atoms with Gasteiger partial charge in [-0.1, -0.05) is 78.0 Å². The van der Waals surface area contributed by atoms with E-state index < -0.39 is 0 Å². The van der Waals surface area contributed by atoms with E-state index in [1.807, 2.05) is 73.7 Å². The molecule has 0 bridgehead atoms. The Kier molecular flexibility index (Phi) is 5.18. The Morgan fingerprint density at radius 2 is 1.68 bits per heavy atom. The van der Waals surface area contributed by atoms with Gasteiger partial charge in [0.15, 0.2) is 10.9 Å². The lowest BCUT2D eigenvalue weighted by molar-refractivity contribution is 0.102. The standard InChI is InChI=1S/C25H18N2O2S2/c1-16-11-13-18(14-12-16)27-24(29)23-22(19-9-5-6-10-21(19)31-23)26-25(27)30-15-20(28)17-7-3-2-4-8-17/h2-14H,15H2,1H3. The van der Waals surface area contributed by atoms with E-state index in [-0.39, 0.29) is 17.1 Å². The number of thioether (sulfide) groups is 1. The lowest BCUT2D eigenvalue weighted by Crippen LogP contribution is -2.21. The van der Waals surface area contributed by atoms with Gasteiger partial charge in [0.25, 0.3) is 5.56 Å². The van der Waals surface area contributed by atoms with Crippen LogP contribution in [0.2, 0.25) is 0 Å². The fourth-order valence-corrected chi connectivity index (χ4v) is 5.45. The fraction of sp³-hybridized carbons (Fsp3) is 0.0800. The van der Waals surface area contributed by atoms with Gasteiger partial charge in [-0.25, -0.2) is 4.98 Å². The van der Waals surface area contributed by atoms with Gasteiger partial charge in [0.2, 0.25) is 0 Å². The maximum atomic E-state index is 13.6. The number of thiophene rings is 1. The lowest BCUT2D eigenvalue weighted by Gasteiger charge is -2.12. The van der Waals surface area contributed by atoms with Crippen molar-refractivity contribution in [3.8, 4) is 5.69 Å². The van der Waals surface area contributed by atoms with Crippen molar-refractivity contribution in [1.82, 2.24) is 9.55 Å². The number of benzene rings is 3. The second kappa shape index (κ2) is 8.13. The number of rotatable bonds is 5. The van der Waals surface area contributed by atoms with Crippen molar-refractivity contribution >= 4 is 49.2 Å². The molecule has 0 N–H and O–H groups in total. The van der Waals surface area contributed by atoms with Crippen LogP contribution >= 0.6 is 23.1 Å². The molecule has 5 rings (SSSR count). The first kappa shape index (κ1) is 19.7.